The Bertz CT molecular complexity index is 970. The smallest absolute Gasteiger partial charge is 0.476 e. The van der Waals surface area contributed by atoms with Crippen molar-refractivity contribution >= 4 is 11.7 Å². The maximum Gasteiger partial charge on any atom is 0.573 e. The molecular formula is C19H17F3N4O3. The van der Waals surface area contributed by atoms with Crippen molar-refractivity contribution in [2.75, 3.05) is 11.4 Å². The Kier molecular flexibility index (Phi) is 5.71. The largest absolute Gasteiger partial charge is 0.573 e. The van der Waals surface area contributed by atoms with E-state index < -0.39 is 12.3 Å². The van der Waals surface area contributed by atoms with Crippen LogP contribution in [0.15, 0.2) is 48.5 Å². The van der Waals surface area contributed by atoms with Crippen molar-refractivity contribution < 1.29 is 27.8 Å². The first-order valence-electron chi connectivity index (χ1n) is 8.61. The van der Waals surface area contributed by atoms with Crippen LogP contribution in [0.4, 0.5) is 18.9 Å². The van der Waals surface area contributed by atoms with Crippen molar-refractivity contribution in [2.45, 2.75) is 19.8 Å². The van der Waals surface area contributed by atoms with Gasteiger partial charge in [0.05, 0.1) is 6.54 Å². The monoisotopic (exact) mass is 406 g/mol. The van der Waals surface area contributed by atoms with Crippen molar-refractivity contribution in [3.05, 3.63) is 59.9 Å². The van der Waals surface area contributed by atoms with Crippen LogP contribution in [-0.2, 0) is 6.54 Å². The molecule has 7 nitrogen and oxygen atoms in total. The fourth-order valence-electron chi connectivity index (χ4n) is 2.81. The topological polar surface area (TPSA) is 91.3 Å². The fourth-order valence-corrected chi connectivity index (χ4v) is 2.81. The van der Waals surface area contributed by atoms with E-state index in [4.69, 9.17) is 5.11 Å². The number of H-pyrrole nitrogens is 1. The summed E-state index contributed by atoms with van der Waals surface area (Å²) in [5.41, 5.74) is 2.59. The Morgan fingerprint density at radius 1 is 1.07 bits per heavy atom. The molecule has 0 amide bonds. The van der Waals surface area contributed by atoms with Gasteiger partial charge in [-0.15, -0.1) is 18.3 Å². The van der Waals surface area contributed by atoms with Crippen molar-refractivity contribution in [1.82, 2.24) is 15.4 Å². The zero-order valence-corrected chi connectivity index (χ0v) is 15.3. The summed E-state index contributed by atoms with van der Waals surface area (Å²) in [6.45, 7) is 2.79. The highest BCUT2D eigenvalue weighted by Crippen LogP contribution is 2.28. The normalized spacial score (nSPS) is 11.3. The Hall–Kier alpha value is -3.56. The van der Waals surface area contributed by atoms with E-state index >= 15 is 0 Å². The molecule has 1 aromatic heterocycles. The van der Waals surface area contributed by atoms with Gasteiger partial charge in [-0.3, -0.25) is 0 Å². The average molecular weight is 406 g/mol. The van der Waals surface area contributed by atoms with Crippen LogP contribution in [0.25, 0.3) is 11.1 Å². The maximum atomic E-state index is 12.3. The van der Waals surface area contributed by atoms with E-state index in [1.165, 1.54) is 12.1 Å². The number of anilines is 1. The molecule has 0 aliphatic heterocycles. The zero-order valence-electron chi connectivity index (χ0n) is 15.3. The van der Waals surface area contributed by atoms with Gasteiger partial charge in [-0.2, -0.15) is 10.3 Å². The number of carbonyl (C=O) groups is 1. The second-order valence-electron chi connectivity index (χ2n) is 6.06. The number of alkyl halides is 3. The van der Waals surface area contributed by atoms with E-state index in [2.05, 4.69) is 20.1 Å². The molecule has 3 aromatic rings. The number of hydrogen-bond acceptors (Lipinski definition) is 5. The van der Waals surface area contributed by atoms with Gasteiger partial charge < -0.3 is 14.7 Å². The SMILES string of the molecule is CCN(Cc1n[nH]nc1C(=O)O)c1ccc(-c2ccc(OC(F)(F)F)cc2)cc1. The third-order valence-electron chi connectivity index (χ3n) is 4.20. The van der Waals surface area contributed by atoms with E-state index in [9.17, 15) is 18.0 Å². The first-order chi connectivity index (χ1) is 13.8. The Balaban J connectivity index is 1.74. The lowest BCUT2D eigenvalue weighted by Crippen LogP contribution is -2.23. The summed E-state index contributed by atoms with van der Waals surface area (Å²) in [4.78, 5) is 13.1. The van der Waals surface area contributed by atoms with Gasteiger partial charge >= 0.3 is 12.3 Å². The van der Waals surface area contributed by atoms with Crippen molar-refractivity contribution in [3.63, 3.8) is 0 Å². The van der Waals surface area contributed by atoms with Gasteiger partial charge in [0.15, 0.2) is 5.69 Å². The summed E-state index contributed by atoms with van der Waals surface area (Å²) >= 11 is 0. The molecule has 0 spiro atoms. The maximum absolute atomic E-state index is 12.3. The molecule has 0 bridgehead atoms. The molecule has 0 saturated carbocycles. The number of carboxylic acid groups (broad SMARTS) is 1. The van der Waals surface area contributed by atoms with Gasteiger partial charge in [-0.05, 0) is 42.3 Å². The van der Waals surface area contributed by atoms with Crippen LogP contribution < -0.4 is 9.64 Å². The Labute approximate surface area is 163 Å². The van der Waals surface area contributed by atoms with E-state index in [1.807, 2.05) is 36.1 Å². The summed E-state index contributed by atoms with van der Waals surface area (Å²) in [5, 5.41) is 19.0. The molecule has 0 radical (unpaired) electrons. The summed E-state index contributed by atoms with van der Waals surface area (Å²) < 4.78 is 40.6. The highest BCUT2D eigenvalue weighted by Gasteiger charge is 2.31. The van der Waals surface area contributed by atoms with Crippen molar-refractivity contribution in [1.29, 1.82) is 0 Å². The highest BCUT2D eigenvalue weighted by atomic mass is 19.4. The zero-order chi connectivity index (χ0) is 21.0. The fraction of sp³-hybridized carbons (Fsp3) is 0.211. The number of aromatic nitrogens is 3. The highest BCUT2D eigenvalue weighted by molar-refractivity contribution is 5.86. The third-order valence-corrected chi connectivity index (χ3v) is 4.20. The van der Waals surface area contributed by atoms with Gasteiger partial charge in [0, 0.05) is 12.2 Å². The molecule has 2 N–H and O–H groups in total. The second-order valence-corrected chi connectivity index (χ2v) is 6.06. The lowest BCUT2D eigenvalue weighted by atomic mass is 10.0. The van der Waals surface area contributed by atoms with E-state index in [-0.39, 0.29) is 18.0 Å². The van der Waals surface area contributed by atoms with Gasteiger partial charge in [-0.25, -0.2) is 4.79 Å². The number of halogens is 3. The molecule has 0 saturated heterocycles. The minimum absolute atomic E-state index is 0.124. The molecule has 0 aliphatic carbocycles. The molecule has 152 valence electrons. The van der Waals surface area contributed by atoms with E-state index in [0.717, 1.165) is 16.8 Å². The summed E-state index contributed by atoms with van der Waals surface area (Å²) in [5.74, 6) is -1.44. The number of aromatic carboxylic acids is 1. The Morgan fingerprint density at radius 2 is 1.66 bits per heavy atom. The van der Waals surface area contributed by atoms with Gasteiger partial charge in [0.1, 0.15) is 11.4 Å². The number of benzene rings is 2. The molecule has 10 heteroatoms. The minimum atomic E-state index is -4.73. The quantitative estimate of drug-likeness (QED) is 0.614. The molecule has 0 atom stereocenters. The molecule has 0 aliphatic rings. The number of rotatable bonds is 7. The standard InChI is InChI=1S/C19H17F3N4O3/c1-2-26(11-16-17(18(27)28)24-25-23-16)14-7-3-12(4-8-14)13-5-9-15(10-6-13)29-19(20,21)22/h3-10H,2,11H2,1H3,(H,27,28)(H,23,24,25). The first-order valence-corrected chi connectivity index (χ1v) is 8.61. The van der Waals surface area contributed by atoms with Gasteiger partial charge in [-0.1, -0.05) is 24.3 Å². The van der Waals surface area contributed by atoms with Crippen molar-refractivity contribution in [3.8, 4) is 16.9 Å². The molecule has 0 fully saturated rings. The number of nitrogens with zero attached hydrogens (tertiary/aromatic N) is 3. The molecule has 29 heavy (non-hydrogen) atoms. The molecule has 2 aromatic carbocycles. The second kappa shape index (κ2) is 8.21. The molecule has 3 rings (SSSR count). The summed E-state index contributed by atoms with van der Waals surface area (Å²) in [6, 6.07) is 13.0. The van der Waals surface area contributed by atoms with Crippen LogP contribution in [0.2, 0.25) is 0 Å². The van der Waals surface area contributed by atoms with Crippen LogP contribution >= 0.6 is 0 Å². The van der Waals surface area contributed by atoms with E-state index in [0.29, 0.717) is 12.2 Å². The van der Waals surface area contributed by atoms with Crippen molar-refractivity contribution in [2.24, 2.45) is 0 Å². The number of ether oxygens (including phenoxy) is 1. The Morgan fingerprint density at radius 3 is 2.17 bits per heavy atom. The van der Waals surface area contributed by atoms with Gasteiger partial charge in [0.2, 0.25) is 0 Å². The van der Waals surface area contributed by atoms with Crippen LogP contribution in [0.3, 0.4) is 0 Å². The van der Waals surface area contributed by atoms with Crippen LogP contribution in [0.1, 0.15) is 23.1 Å². The number of nitrogens with one attached hydrogen (secondary N) is 1. The third kappa shape index (κ3) is 5.03. The lowest BCUT2D eigenvalue weighted by molar-refractivity contribution is -0.274. The minimum Gasteiger partial charge on any atom is -0.476 e. The van der Waals surface area contributed by atoms with Crippen LogP contribution in [0.5, 0.6) is 5.75 Å². The molecule has 1 heterocycles. The molecule has 0 unspecified atom stereocenters. The molecular weight excluding hydrogens is 389 g/mol. The summed E-state index contributed by atoms with van der Waals surface area (Å²) in [6.07, 6.45) is -4.73. The first kappa shape index (κ1) is 20.2. The van der Waals surface area contributed by atoms with E-state index in [1.54, 1.807) is 12.1 Å². The number of aromatic amines is 1. The van der Waals surface area contributed by atoms with Crippen LogP contribution in [-0.4, -0.2) is 39.4 Å². The average Bonchev–Trinajstić information content (AvgIpc) is 3.14. The van der Waals surface area contributed by atoms with Gasteiger partial charge in [0.25, 0.3) is 0 Å². The predicted octanol–water partition coefficient (Wildman–Crippen LogP) is 4.10. The number of carboxylic acids is 1. The van der Waals surface area contributed by atoms with Crippen LogP contribution in [0, 0.1) is 0 Å². The number of hydrogen-bond donors (Lipinski definition) is 2. The predicted molar refractivity (Wildman–Crippen MR) is 98.6 cm³/mol. The lowest BCUT2D eigenvalue weighted by Gasteiger charge is -2.22. The summed E-state index contributed by atoms with van der Waals surface area (Å²) in [7, 11) is 0.